The average Bonchev–Trinajstić information content (AvgIpc) is 2.74. The number of anilines is 2. The first-order valence-corrected chi connectivity index (χ1v) is 9.55. The lowest BCUT2D eigenvalue weighted by molar-refractivity contribution is -0.274. The first-order valence-electron chi connectivity index (χ1n) is 9.55. The molecule has 11 heteroatoms. The van der Waals surface area contributed by atoms with Crippen molar-refractivity contribution in [3.63, 3.8) is 0 Å². The van der Waals surface area contributed by atoms with Gasteiger partial charge in [-0.15, -0.1) is 13.2 Å². The standard InChI is InChI=1S/C21H21F3N6O2/c1-30(2)11-10-25-19(31)15-5-3-4-14(12-15)18-26-13-27-20(29-18)28-16-6-8-17(9-7-16)32-21(22,23)24/h3-9,12-13H,10-11H2,1-2H3,(H,25,31)(H,26,27,28,29). The largest absolute Gasteiger partial charge is 0.573 e. The van der Waals surface area contributed by atoms with E-state index in [1.807, 2.05) is 19.0 Å². The lowest BCUT2D eigenvalue weighted by Gasteiger charge is -2.11. The van der Waals surface area contributed by atoms with Crippen LogP contribution >= 0.6 is 0 Å². The Morgan fingerprint density at radius 1 is 1.09 bits per heavy atom. The summed E-state index contributed by atoms with van der Waals surface area (Å²) in [5.41, 5.74) is 1.55. The molecule has 0 aliphatic carbocycles. The van der Waals surface area contributed by atoms with E-state index < -0.39 is 6.36 Å². The van der Waals surface area contributed by atoms with Crippen molar-refractivity contribution < 1.29 is 22.7 Å². The molecule has 1 amide bonds. The number of benzene rings is 2. The highest BCUT2D eigenvalue weighted by Crippen LogP contribution is 2.25. The summed E-state index contributed by atoms with van der Waals surface area (Å²) in [5, 5.41) is 5.74. The predicted molar refractivity (Wildman–Crippen MR) is 113 cm³/mol. The number of nitrogens with zero attached hydrogens (tertiary/aromatic N) is 4. The highest BCUT2D eigenvalue weighted by Gasteiger charge is 2.30. The zero-order valence-corrected chi connectivity index (χ0v) is 17.3. The number of hydrogen-bond acceptors (Lipinski definition) is 7. The Balaban J connectivity index is 1.70. The number of hydrogen-bond donors (Lipinski definition) is 2. The Morgan fingerprint density at radius 3 is 2.53 bits per heavy atom. The second kappa shape index (κ2) is 10.1. The van der Waals surface area contributed by atoms with Crippen LogP contribution in [0.2, 0.25) is 0 Å². The third-order valence-electron chi connectivity index (χ3n) is 4.14. The summed E-state index contributed by atoms with van der Waals surface area (Å²) >= 11 is 0. The molecule has 1 aromatic heterocycles. The van der Waals surface area contributed by atoms with Crippen LogP contribution in [0.5, 0.6) is 5.75 Å². The van der Waals surface area contributed by atoms with Crippen LogP contribution in [0.3, 0.4) is 0 Å². The second-order valence-electron chi connectivity index (χ2n) is 6.97. The van der Waals surface area contributed by atoms with E-state index in [0.717, 1.165) is 6.54 Å². The molecule has 1 heterocycles. The highest BCUT2D eigenvalue weighted by molar-refractivity contribution is 5.95. The maximum Gasteiger partial charge on any atom is 0.573 e. The molecule has 0 bridgehead atoms. The van der Waals surface area contributed by atoms with Gasteiger partial charge in [-0.3, -0.25) is 4.79 Å². The third-order valence-corrected chi connectivity index (χ3v) is 4.14. The van der Waals surface area contributed by atoms with E-state index in [0.29, 0.717) is 29.2 Å². The van der Waals surface area contributed by atoms with Gasteiger partial charge in [0.2, 0.25) is 5.95 Å². The van der Waals surface area contributed by atoms with Gasteiger partial charge >= 0.3 is 6.36 Å². The first-order chi connectivity index (χ1) is 15.2. The van der Waals surface area contributed by atoms with E-state index in [2.05, 4.69) is 30.3 Å². The topological polar surface area (TPSA) is 92.3 Å². The molecule has 0 saturated heterocycles. The van der Waals surface area contributed by atoms with Gasteiger partial charge in [0.1, 0.15) is 12.1 Å². The summed E-state index contributed by atoms with van der Waals surface area (Å²) < 4.78 is 40.7. The number of carbonyl (C=O) groups excluding carboxylic acids is 1. The molecular weight excluding hydrogens is 425 g/mol. The Labute approximate surface area is 182 Å². The van der Waals surface area contributed by atoms with Crippen molar-refractivity contribution in [2.45, 2.75) is 6.36 Å². The lowest BCUT2D eigenvalue weighted by Crippen LogP contribution is -2.31. The normalized spacial score (nSPS) is 11.3. The molecule has 2 N–H and O–H groups in total. The van der Waals surface area contributed by atoms with Crippen LogP contribution in [-0.4, -0.2) is 59.3 Å². The third kappa shape index (κ3) is 6.91. The summed E-state index contributed by atoms with van der Waals surface area (Å²) in [7, 11) is 3.84. The summed E-state index contributed by atoms with van der Waals surface area (Å²) in [6.45, 7) is 1.24. The van der Waals surface area contributed by atoms with Crippen LogP contribution in [0.1, 0.15) is 10.4 Å². The van der Waals surface area contributed by atoms with Gasteiger partial charge in [0.05, 0.1) is 0 Å². The van der Waals surface area contributed by atoms with Crippen molar-refractivity contribution >= 4 is 17.5 Å². The van der Waals surface area contributed by atoms with Crippen LogP contribution in [0.4, 0.5) is 24.8 Å². The summed E-state index contributed by atoms with van der Waals surface area (Å²) in [5.74, 6) is -0.00915. The Morgan fingerprint density at radius 2 is 1.84 bits per heavy atom. The van der Waals surface area contributed by atoms with Crippen LogP contribution in [0.15, 0.2) is 54.9 Å². The first kappa shape index (κ1) is 22.9. The van der Waals surface area contributed by atoms with Gasteiger partial charge in [-0.2, -0.15) is 4.98 Å². The van der Waals surface area contributed by atoms with Gasteiger partial charge in [0.15, 0.2) is 5.82 Å². The zero-order chi connectivity index (χ0) is 23.1. The van der Waals surface area contributed by atoms with Gasteiger partial charge < -0.3 is 20.3 Å². The minimum Gasteiger partial charge on any atom is -0.406 e. The van der Waals surface area contributed by atoms with Crippen molar-refractivity contribution in [3.8, 4) is 17.1 Å². The molecule has 0 aliphatic rings. The van der Waals surface area contributed by atoms with Crippen molar-refractivity contribution in [3.05, 3.63) is 60.4 Å². The smallest absolute Gasteiger partial charge is 0.406 e. The molecule has 0 atom stereocenters. The van der Waals surface area contributed by atoms with E-state index >= 15 is 0 Å². The second-order valence-corrected chi connectivity index (χ2v) is 6.97. The van der Waals surface area contributed by atoms with Crippen molar-refractivity contribution in [1.82, 2.24) is 25.2 Å². The monoisotopic (exact) mass is 446 g/mol. The quantitative estimate of drug-likeness (QED) is 0.547. The Kier molecular flexibility index (Phi) is 7.21. The fraction of sp³-hybridized carbons (Fsp3) is 0.238. The number of alkyl halides is 3. The van der Waals surface area contributed by atoms with E-state index in [-0.39, 0.29) is 17.6 Å². The van der Waals surface area contributed by atoms with Crippen LogP contribution in [0.25, 0.3) is 11.4 Å². The van der Waals surface area contributed by atoms with Crippen molar-refractivity contribution in [1.29, 1.82) is 0 Å². The summed E-state index contributed by atoms with van der Waals surface area (Å²) in [6, 6.07) is 12.0. The minimum absolute atomic E-state index is 0.195. The van der Waals surface area contributed by atoms with Crippen molar-refractivity contribution in [2.75, 3.05) is 32.5 Å². The average molecular weight is 446 g/mol. The molecule has 3 rings (SSSR count). The zero-order valence-electron chi connectivity index (χ0n) is 17.3. The molecule has 8 nitrogen and oxygen atoms in total. The van der Waals surface area contributed by atoms with Gasteiger partial charge in [-0.25, -0.2) is 9.97 Å². The molecule has 0 unspecified atom stereocenters. The van der Waals surface area contributed by atoms with Crippen molar-refractivity contribution in [2.24, 2.45) is 0 Å². The maximum absolute atomic E-state index is 12.4. The molecule has 3 aromatic rings. The molecule has 0 radical (unpaired) electrons. The number of halogens is 3. The number of ether oxygens (including phenoxy) is 1. The van der Waals surface area contributed by atoms with Crippen LogP contribution < -0.4 is 15.4 Å². The van der Waals surface area contributed by atoms with Crippen LogP contribution in [0, 0.1) is 0 Å². The van der Waals surface area contributed by atoms with E-state index in [1.54, 1.807) is 24.3 Å². The highest BCUT2D eigenvalue weighted by atomic mass is 19.4. The molecule has 0 fully saturated rings. The molecule has 0 aliphatic heterocycles. The molecule has 32 heavy (non-hydrogen) atoms. The molecular formula is C21H21F3N6O2. The SMILES string of the molecule is CN(C)CCNC(=O)c1cccc(-c2ncnc(Nc3ccc(OC(F)(F)F)cc3)n2)c1. The summed E-state index contributed by atoms with van der Waals surface area (Å²) in [4.78, 5) is 26.8. The van der Waals surface area contributed by atoms with Gasteiger partial charge in [-0.1, -0.05) is 12.1 Å². The van der Waals surface area contributed by atoms with E-state index in [9.17, 15) is 18.0 Å². The molecule has 0 saturated carbocycles. The van der Waals surface area contributed by atoms with Gasteiger partial charge in [0.25, 0.3) is 5.91 Å². The number of amides is 1. The lowest BCUT2D eigenvalue weighted by atomic mass is 10.1. The number of aromatic nitrogens is 3. The fourth-order valence-corrected chi connectivity index (χ4v) is 2.66. The number of nitrogens with one attached hydrogen (secondary N) is 2. The van der Waals surface area contributed by atoms with Gasteiger partial charge in [0, 0.05) is 29.9 Å². The van der Waals surface area contributed by atoms with Gasteiger partial charge in [-0.05, 0) is 50.5 Å². The molecule has 2 aromatic carbocycles. The Bertz CT molecular complexity index is 1060. The molecule has 0 spiro atoms. The van der Waals surface area contributed by atoms with E-state index in [4.69, 9.17) is 0 Å². The number of likely N-dealkylation sites (N-methyl/N-ethyl adjacent to an activating group) is 1. The number of carbonyl (C=O) groups is 1. The fourth-order valence-electron chi connectivity index (χ4n) is 2.66. The van der Waals surface area contributed by atoms with E-state index in [1.165, 1.54) is 30.6 Å². The van der Waals surface area contributed by atoms with Crippen LogP contribution in [-0.2, 0) is 0 Å². The predicted octanol–water partition coefficient (Wildman–Crippen LogP) is 3.47. The maximum atomic E-state index is 12.4. The minimum atomic E-state index is -4.75. The number of rotatable bonds is 8. The Hall–Kier alpha value is -3.73. The summed E-state index contributed by atoms with van der Waals surface area (Å²) in [6.07, 6.45) is -3.45. The molecule has 168 valence electrons.